The minimum absolute atomic E-state index is 0.118. The van der Waals surface area contributed by atoms with Gasteiger partial charge in [-0.05, 0) is 63.1 Å². The topological polar surface area (TPSA) is 99.5 Å². The second-order valence-corrected chi connectivity index (χ2v) is 7.38. The zero-order valence-corrected chi connectivity index (χ0v) is 18.5. The van der Waals surface area contributed by atoms with E-state index in [4.69, 9.17) is 9.47 Å². The van der Waals surface area contributed by atoms with E-state index >= 15 is 0 Å². The van der Waals surface area contributed by atoms with Crippen molar-refractivity contribution in [2.75, 3.05) is 18.5 Å². The summed E-state index contributed by atoms with van der Waals surface area (Å²) in [6.45, 7) is 7.15. The molecule has 0 aliphatic rings. The summed E-state index contributed by atoms with van der Waals surface area (Å²) in [5.41, 5.74) is 3.46. The number of benzene rings is 2. The van der Waals surface area contributed by atoms with Crippen molar-refractivity contribution in [2.24, 2.45) is 0 Å². The zero-order chi connectivity index (χ0) is 23.3. The van der Waals surface area contributed by atoms with Crippen LogP contribution in [0, 0.1) is 20.8 Å². The van der Waals surface area contributed by atoms with E-state index in [-0.39, 0.29) is 18.1 Å². The van der Waals surface area contributed by atoms with Crippen molar-refractivity contribution in [3.8, 4) is 11.4 Å². The highest BCUT2D eigenvalue weighted by Gasteiger charge is 2.20. The van der Waals surface area contributed by atoms with Crippen molar-refractivity contribution in [3.05, 3.63) is 81.3 Å². The number of ether oxygens (including phenoxy) is 2. The van der Waals surface area contributed by atoms with E-state index in [0.717, 1.165) is 27.4 Å². The van der Waals surface area contributed by atoms with Gasteiger partial charge in [-0.25, -0.2) is 4.79 Å². The van der Waals surface area contributed by atoms with Gasteiger partial charge in [-0.1, -0.05) is 23.8 Å². The molecule has 166 valence electrons. The summed E-state index contributed by atoms with van der Waals surface area (Å²) in [5.74, 6) is -1.31. The molecule has 0 atom stereocenters. The van der Waals surface area contributed by atoms with Gasteiger partial charge < -0.3 is 14.8 Å². The smallest absolute Gasteiger partial charge is 0.362 e. The number of rotatable bonds is 7. The molecule has 0 bridgehead atoms. The fourth-order valence-electron chi connectivity index (χ4n) is 3.15. The summed E-state index contributed by atoms with van der Waals surface area (Å²) >= 11 is 0. The van der Waals surface area contributed by atoms with Crippen molar-refractivity contribution < 1.29 is 19.1 Å². The quantitative estimate of drug-likeness (QED) is 0.572. The second kappa shape index (κ2) is 9.91. The Morgan fingerprint density at radius 2 is 1.62 bits per heavy atom. The second-order valence-electron chi connectivity index (χ2n) is 7.38. The number of esters is 1. The predicted octanol–water partition coefficient (Wildman–Crippen LogP) is 3.35. The normalized spacial score (nSPS) is 10.5. The molecule has 3 aromatic rings. The first-order valence-corrected chi connectivity index (χ1v) is 10.2. The first-order valence-electron chi connectivity index (χ1n) is 10.2. The molecule has 1 heterocycles. The molecular weight excluding hydrogens is 410 g/mol. The van der Waals surface area contributed by atoms with E-state index in [2.05, 4.69) is 10.4 Å². The highest BCUT2D eigenvalue weighted by atomic mass is 16.5. The number of amides is 1. The number of hydrogen-bond acceptors (Lipinski definition) is 6. The van der Waals surface area contributed by atoms with Gasteiger partial charge in [0.1, 0.15) is 0 Å². The maximum atomic E-state index is 12.6. The molecule has 0 fully saturated rings. The van der Waals surface area contributed by atoms with Crippen LogP contribution >= 0.6 is 0 Å². The fraction of sp³-hybridized carbons (Fsp3) is 0.250. The largest absolute Gasteiger partial charge is 0.481 e. The Kier molecular flexibility index (Phi) is 7.04. The Morgan fingerprint density at radius 1 is 0.969 bits per heavy atom. The maximum absolute atomic E-state index is 12.6. The molecule has 0 unspecified atom stereocenters. The average molecular weight is 435 g/mol. The molecule has 8 heteroatoms. The zero-order valence-electron chi connectivity index (χ0n) is 18.5. The van der Waals surface area contributed by atoms with Gasteiger partial charge in [0.15, 0.2) is 12.4 Å². The number of nitrogens with zero attached hydrogens (tertiary/aromatic N) is 2. The standard InChI is InChI=1S/C24H25N3O5/c1-5-31-24(30)23-20(13-22(29)27(26-23)19-8-6-15(2)7-9-19)32-14-21(28)25-18-11-16(3)10-17(4)12-18/h6-13H,5,14H2,1-4H3,(H,25,28). The van der Waals surface area contributed by atoms with Gasteiger partial charge in [0.25, 0.3) is 11.5 Å². The van der Waals surface area contributed by atoms with Crippen molar-refractivity contribution >= 4 is 17.6 Å². The monoisotopic (exact) mass is 435 g/mol. The lowest BCUT2D eigenvalue weighted by Gasteiger charge is -2.13. The van der Waals surface area contributed by atoms with Crippen LogP contribution in [-0.4, -0.2) is 34.9 Å². The van der Waals surface area contributed by atoms with Gasteiger partial charge in [-0.2, -0.15) is 9.78 Å². The summed E-state index contributed by atoms with van der Waals surface area (Å²) in [6.07, 6.45) is 0. The van der Waals surface area contributed by atoms with Crippen LogP contribution in [0.1, 0.15) is 34.1 Å². The van der Waals surface area contributed by atoms with Crippen LogP contribution in [0.2, 0.25) is 0 Å². The Hall–Kier alpha value is -3.94. The van der Waals surface area contributed by atoms with Gasteiger partial charge in [-0.15, -0.1) is 0 Å². The van der Waals surface area contributed by atoms with E-state index in [9.17, 15) is 14.4 Å². The number of carbonyl (C=O) groups excluding carboxylic acids is 2. The Balaban J connectivity index is 1.85. The van der Waals surface area contributed by atoms with Gasteiger partial charge >= 0.3 is 5.97 Å². The summed E-state index contributed by atoms with van der Waals surface area (Å²) < 4.78 is 11.6. The average Bonchev–Trinajstić information content (AvgIpc) is 2.72. The van der Waals surface area contributed by atoms with Gasteiger partial charge in [0.2, 0.25) is 5.69 Å². The molecule has 1 aromatic heterocycles. The highest BCUT2D eigenvalue weighted by molar-refractivity contribution is 5.93. The van der Waals surface area contributed by atoms with E-state index in [1.807, 2.05) is 51.1 Å². The molecule has 8 nitrogen and oxygen atoms in total. The maximum Gasteiger partial charge on any atom is 0.362 e. The molecule has 0 aliphatic heterocycles. The lowest BCUT2D eigenvalue weighted by molar-refractivity contribution is -0.118. The van der Waals surface area contributed by atoms with Crippen LogP contribution in [-0.2, 0) is 9.53 Å². The Bertz CT molecular complexity index is 1180. The number of nitrogens with one attached hydrogen (secondary N) is 1. The van der Waals surface area contributed by atoms with Gasteiger partial charge in [0.05, 0.1) is 18.4 Å². The van der Waals surface area contributed by atoms with Crippen molar-refractivity contribution in [1.29, 1.82) is 0 Å². The van der Waals surface area contributed by atoms with Gasteiger partial charge in [-0.3, -0.25) is 9.59 Å². The van der Waals surface area contributed by atoms with E-state index in [1.165, 1.54) is 0 Å². The van der Waals surface area contributed by atoms with E-state index in [0.29, 0.717) is 11.4 Å². The molecule has 0 saturated carbocycles. The lowest BCUT2D eigenvalue weighted by atomic mass is 10.1. The number of anilines is 1. The first kappa shape index (κ1) is 22.7. The molecule has 1 N–H and O–H groups in total. The summed E-state index contributed by atoms with van der Waals surface area (Å²) in [4.78, 5) is 37.4. The van der Waals surface area contributed by atoms with Crippen LogP contribution in [0.5, 0.6) is 5.75 Å². The minimum atomic E-state index is -0.752. The van der Waals surface area contributed by atoms with Crippen LogP contribution in [0.15, 0.2) is 53.3 Å². The Morgan fingerprint density at radius 3 is 2.25 bits per heavy atom. The third-order valence-electron chi connectivity index (χ3n) is 4.51. The first-order chi connectivity index (χ1) is 15.3. The Labute approximate surface area is 185 Å². The summed E-state index contributed by atoms with van der Waals surface area (Å²) in [6, 6.07) is 13.9. The van der Waals surface area contributed by atoms with Crippen LogP contribution in [0.25, 0.3) is 5.69 Å². The molecular formula is C24H25N3O5. The molecule has 0 aliphatic carbocycles. The SMILES string of the molecule is CCOC(=O)c1nn(-c2ccc(C)cc2)c(=O)cc1OCC(=O)Nc1cc(C)cc(C)c1. The van der Waals surface area contributed by atoms with E-state index < -0.39 is 24.0 Å². The fourth-order valence-corrected chi connectivity index (χ4v) is 3.15. The van der Waals surface area contributed by atoms with Gasteiger partial charge in [0, 0.05) is 5.69 Å². The van der Waals surface area contributed by atoms with Crippen LogP contribution in [0.3, 0.4) is 0 Å². The predicted molar refractivity (Wildman–Crippen MR) is 121 cm³/mol. The summed E-state index contributed by atoms with van der Waals surface area (Å²) in [5, 5.41) is 6.89. The lowest BCUT2D eigenvalue weighted by Crippen LogP contribution is -2.27. The summed E-state index contributed by atoms with van der Waals surface area (Å²) in [7, 11) is 0. The molecule has 3 rings (SSSR count). The number of aromatic nitrogens is 2. The number of hydrogen-bond donors (Lipinski definition) is 1. The van der Waals surface area contributed by atoms with Crippen LogP contribution in [0.4, 0.5) is 5.69 Å². The number of carbonyl (C=O) groups is 2. The molecule has 0 radical (unpaired) electrons. The molecule has 0 saturated heterocycles. The molecule has 2 aromatic carbocycles. The van der Waals surface area contributed by atoms with Crippen LogP contribution < -0.4 is 15.6 Å². The van der Waals surface area contributed by atoms with E-state index in [1.54, 1.807) is 19.1 Å². The third kappa shape index (κ3) is 5.60. The van der Waals surface area contributed by atoms with Crippen molar-refractivity contribution in [1.82, 2.24) is 9.78 Å². The highest BCUT2D eigenvalue weighted by Crippen LogP contribution is 2.18. The third-order valence-corrected chi connectivity index (χ3v) is 4.51. The van der Waals surface area contributed by atoms with Crippen molar-refractivity contribution in [3.63, 3.8) is 0 Å². The molecule has 1 amide bonds. The molecule has 0 spiro atoms. The van der Waals surface area contributed by atoms with Crippen molar-refractivity contribution in [2.45, 2.75) is 27.7 Å². The minimum Gasteiger partial charge on any atom is -0.481 e. The number of aryl methyl sites for hydroxylation is 3. The molecule has 32 heavy (non-hydrogen) atoms.